The summed E-state index contributed by atoms with van der Waals surface area (Å²) in [6, 6.07) is 7.96. The Morgan fingerprint density at radius 2 is 1.72 bits per heavy atom. The topological polar surface area (TPSA) is 63.6 Å². The van der Waals surface area contributed by atoms with Gasteiger partial charge in [-0.3, -0.25) is 4.79 Å². The molecule has 0 aromatic heterocycles. The fourth-order valence-corrected chi connectivity index (χ4v) is 2.47. The highest BCUT2D eigenvalue weighted by molar-refractivity contribution is 7.90. The SMILES string of the molecule is CC1=CC(=NS(=O)(=O)c2ccccc2)C=CC1=O. The molecule has 0 spiro atoms. The Morgan fingerprint density at radius 1 is 1.06 bits per heavy atom. The summed E-state index contributed by atoms with van der Waals surface area (Å²) in [6.07, 6.45) is 4.17. The first-order valence-corrected chi connectivity index (χ1v) is 6.74. The summed E-state index contributed by atoms with van der Waals surface area (Å²) in [5.74, 6) is -0.133. The van der Waals surface area contributed by atoms with Crippen LogP contribution in [0.25, 0.3) is 0 Å². The van der Waals surface area contributed by atoms with E-state index in [1.807, 2.05) is 0 Å². The third-order valence-electron chi connectivity index (χ3n) is 2.43. The average molecular weight is 261 g/mol. The summed E-state index contributed by atoms with van der Waals surface area (Å²) in [5.41, 5.74) is 0.732. The maximum absolute atomic E-state index is 12.0. The number of nitrogens with zero attached hydrogens (tertiary/aromatic N) is 1. The van der Waals surface area contributed by atoms with Crippen LogP contribution in [0, 0.1) is 0 Å². The Bertz CT molecular complexity index is 667. The van der Waals surface area contributed by atoms with Crippen LogP contribution < -0.4 is 0 Å². The van der Waals surface area contributed by atoms with Gasteiger partial charge in [0.15, 0.2) is 5.78 Å². The molecule has 4 nitrogen and oxygen atoms in total. The van der Waals surface area contributed by atoms with E-state index in [-0.39, 0.29) is 16.4 Å². The summed E-state index contributed by atoms with van der Waals surface area (Å²) in [7, 11) is -3.72. The number of hydrogen-bond acceptors (Lipinski definition) is 3. The van der Waals surface area contributed by atoms with Crippen molar-refractivity contribution in [1.29, 1.82) is 0 Å². The van der Waals surface area contributed by atoms with Crippen LogP contribution in [0.3, 0.4) is 0 Å². The lowest BCUT2D eigenvalue weighted by atomic mass is 10.1. The number of hydrogen-bond donors (Lipinski definition) is 0. The van der Waals surface area contributed by atoms with Gasteiger partial charge in [-0.1, -0.05) is 18.2 Å². The number of sulfonamides is 1. The van der Waals surface area contributed by atoms with E-state index in [4.69, 9.17) is 0 Å². The molecule has 18 heavy (non-hydrogen) atoms. The molecule has 0 bridgehead atoms. The number of allylic oxidation sites excluding steroid dienone is 4. The molecule has 0 saturated heterocycles. The summed E-state index contributed by atoms with van der Waals surface area (Å²) in [5, 5.41) is 0. The van der Waals surface area contributed by atoms with Gasteiger partial charge in [0.2, 0.25) is 0 Å². The number of ketones is 1. The van der Waals surface area contributed by atoms with Crippen LogP contribution in [0.5, 0.6) is 0 Å². The average Bonchev–Trinajstić information content (AvgIpc) is 2.35. The molecule has 0 saturated carbocycles. The standard InChI is InChI=1S/C13H11NO3S/c1-10-9-11(7-8-13(10)15)14-18(16,17)12-5-3-2-4-6-12/h2-9H,1H3. The van der Waals surface area contributed by atoms with Crippen molar-refractivity contribution in [3.05, 3.63) is 54.1 Å². The molecular weight excluding hydrogens is 250 g/mol. The Kier molecular flexibility index (Phi) is 3.25. The smallest absolute Gasteiger partial charge is 0.282 e. The van der Waals surface area contributed by atoms with E-state index in [0.29, 0.717) is 5.57 Å². The van der Waals surface area contributed by atoms with Gasteiger partial charge in [0.1, 0.15) is 0 Å². The second kappa shape index (κ2) is 4.70. The van der Waals surface area contributed by atoms with Gasteiger partial charge in [0, 0.05) is 0 Å². The molecule has 0 atom stereocenters. The zero-order valence-corrected chi connectivity index (χ0v) is 10.5. The highest BCUT2D eigenvalue weighted by Crippen LogP contribution is 2.13. The molecule has 0 unspecified atom stereocenters. The van der Waals surface area contributed by atoms with Gasteiger partial charge in [-0.25, -0.2) is 0 Å². The van der Waals surface area contributed by atoms with Crippen LogP contribution in [-0.2, 0) is 14.8 Å². The number of carbonyl (C=O) groups excluding carboxylic acids is 1. The highest BCUT2D eigenvalue weighted by atomic mass is 32.2. The van der Waals surface area contributed by atoms with Gasteiger partial charge < -0.3 is 0 Å². The summed E-state index contributed by atoms with van der Waals surface area (Å²) < 4.78 is 27.6. The van der Waals surface area contributed by atoms with Crippen LogP contribution in [0.2, 0.25) is 0 Å². The van der Waals surface area contributed by atoms with Crippen LogP contribution >= 0.6 is 0 Å². The third kappa shape index (κ3) is 2.62. The van der Waals surface area contributed by atoms with Gasteiger partial charge in [-0.05, 0) is 42.9 Å². The first-order valence-electron chi connectivity index (χ1n) is 5.30. The van der Waals surface area contributed by atoms with Gasteiger partial charge in [-0.15, -0.1) is 0 Å². The van der Waals surface area contributed by atoms with Crippen molar-refractivity contribution >= 4 is 21.5 Å². The largest absolute Gasteiger partial charge is 0.290 e. The predicted molar refractivity (Wildman–Crippen MR) is 69.0 cm³/mol. The van der Waals surface area contributed by atoms with Crippen molar-refractivity contribution in [2.75, 3.05) is 0 Å². The molecule has 0 heterocycles. The van der Waals surface area contributed by atoms with Crippen molar-refractivity contribution in [2.24, 2.45) is 4.40 Å². The molecule has 92 valence electrons. The first kappa shape index (κ1) is 12.4. The molecule has 0 fully saturated rings. The lowest BCUT2D eigenvalue weighted by Crippen LogP contribution is -2.08. The molecule has 0 N–H and O–H groups in total. The Balaban J connectivity index is 2.41. The van der Waals surface area contributed by atoms with Gasteiger partial charge >= 0.3 is 0 Å². The zero-order valence-electron chi connectivity index (χ0n) is 9.70. The number of carbonyl (C=O) groups is 1. The quantitative estimate of drug-likeness (QED) is 0.764. The molecule has 0 aliphatic heterocycles. The van der Waals surface area contributed by atoms with E-state index < -0.39 is 10.0 Å². The lowest BCUT2D eigenvalue weighted by Gasteiger charge is -2.04. The first-order chi connectivity index (χ1) is 8.49. The number of benzene rings is 1. The maximum atomic E-state index is 12.0. The van der Waals surface area contributed by atoms with Gasteiger partial charge in [0.05, 0.1) is 10.6 Å². The molecule has 5 heteroatoms. The van der Waals surface area contributed by atoms with Crippen molar-refractivity contribution in [3.63, 3.8) is 0 Å². The second-order valence-electron chi connectivity index (χ2n) is 3.83. The Morgan fingerprint density at radius 3 is 2.33 bits per heavy atom. The molecule has 1 aliphatic rings. The Labute approximate surface area is 105 Å². The van der Waals surface area contributed by atoms with Crippen molar-refractivity contribution in [2.45, 2.75) is 11.8 Å². The predicted octanol–water partition coefficient (Wildman–Crippen LogP) is 1.90. The van der Waals surface area contributed by atoms with E-state index in [1.54, 1.807) is 25.1 Å². The monoisotopic (exact) mass is 261 g/mol. The zero-order chi connectivity index (χ0) is 13.2. The van der Waals surface area contributed by atoms with Gasteiger partial charge in [-0.2, -0.15) is 12.8 Å². The van der Waals surface area contributed by atoms with E-state index in [1.165, 1.54) is 30.4 Å². The Hall–Kier alpha value is -2.01. The molecular formula is C13H11NO3S. The maximum Gasteiger partial charge on any atom is 0.282 e. The summed E-state index contributed by atoms with van der Waals surface area (Å²) in [4.78, 5) is 11.3. The molecule has 1 aliphatic carbocycles. The molecule has 1 aromatic carbocycles. The van der Waals surface area contributed by atoms with Crippen LogP contribution in [0.15, 0.2) is 63.4 Å². The minimum absolute atomic E-state index is 0.133. The van der Waals surface area contributed by atoms with Crippen molar-refractivity contribution < 1.29 is 13.2 Å². The molecule has 0 radical (unpaired) electrons. The lowest BCUT2D eigenvalue weighted by molar-refractivity contribution is -0.111. The van der Waals surface area contributed by atoms with Crippen molar-refractivity contribution in [1.82, 2.24) is 0 Å². The van der Waals surface area contributed by atoms with E-state index >= 15 is 0 Å². The third-order valence-corrected chi connectivity index (χ3v) is 3.74. The molecule has 0 amide bonds. The highest BCUT2D eigenvalue weighted by Gasteiger charge is 2.14. The van der Waals surface area contributed by atoms with Crippen molar-refractivity contribution in [3.8, 4) is 0 Å². The van der Waals surface area contributed by atoms with Crippen LogP contribution in [-0.4, -0.2) is 19.9 Å². The molecule has 1 aromatic rings. The summed E-state index contributed by atoms with van der Waals surface area (Å²) in [6.45, 7) is 1.62. The minimum Gasteiger partial charge on any atom is -0.290 e. The number of rotatable bonds is 2. The summed E-state index contributed by atoms with van der Waals surface area (Å²) >= 11 is 0. The minimum atomic E-state index is -3.72. The molecule has 2 rings (SSSR count). The van der Waals surface area contributed by atoms with E-state index in [9.17, 15) is 13.2 Å². The van der Waals surface area contributed by atoms with Crippen LogP contribution in [0.4, 0.5) is 0 Å². The van der Waals surface area contributed by atoms with E-state index in [2.05, 4.69) is 4.40 Å². The van der Waals surface area contributed by atoms with Crippen LogP contribution in [0.1, 0.15) is 6.92 Å². The van der Waals surface area contributed by atoms with Gasteiger partial charge in [0.25, 0.3) is 10.0 Å². The van der Waals surface area contributed by atoms with E-state index in [0.717, 1.165) is 0 Å². The fourth-order valence-electron chi connectivity index (χ4n) is 1.47. The normalized spacial score (nSPS) is 17.9. The fraction of sp³-hybridized carbons (Fsp3) is 0.0769. The second-order valence-corrected chi connectivity index (χ2v) is 5.43.